The van der Waals surface area contributed by atoms with Gasteiger partial charge in [0, 0.05) is 13.6 Å². The Bertz CT molecular complexity index is 302. The maximum Gasteiger partial charge on any atom is 0.326 e. The molecule has 2 amide bonds. The van der Waals surface area contributed by atoms with Crippen molar-refractivity contribution in [2.75, 3.05) is 13.6 Å². The fraction of sp³-hybridized carbons (Fsp3) is 0.833. The highest BCUT2D eigenvalue weighted by molar-refractivity contribution is 5.82. The van der Waals surface area contributed by atoms with Crippen molar-refractivity contribution in [2.45, 2.75) is 44.8 Å². The Morgan fingerprint density at radius 3 is 2.50 bits per heavy atom. The first kappa shape index (κ1) is 14.8. The van der Waals surface area contributed by atoms with E-state index in [1.807, 2.05) is 6.92 Å². The first-order chi connectivity index (χ1) is 8.43. The van der Waals surface area contributed by atoms with E-state index in [0.29, 0.717) is 25.3 Å². The molecule has 1 fully saturated rings. The molecule has 6 nitrogen and oxygen atoms in total. The molecule has 0 aromatic carbocycles. The van der Waals surface area contributed by atoms with E-state index >= 15 is 0 Å². The molecule has 0 heterocycles. The molecule has 0 spiro atoms. The zero-order chi connectivity index (χ0) is 13.7. The fourth-order valence-corrected chi connectivity index (χ4v) is 2.13. The second kappa shape index (κ2) is 6.58. The van der Waals surface area contributed by atoms with E-state index < -0.39 is 12.0 Å². The van der Waals surface area contributed by atoms with Gasteiger partial charge in [0.15, 0.2) is 0 Å². The zero-order valence-corrected chi connectivity index (χ0v) is 10.9. The van der Waals surface area contributed by atoms with Crippen LogP contribution in [-0.4, -0.2) is 52.9 Å². The molecule has 1 atom stereocenters. The average molecular weight is 258 g/mol. The minimum Gasteiger partial charge on any atom is -0.480 e. The topological polar surface area (TPSA) is 89.9 Å². The molecule has 0 aliphatic heterocycles. The summed E-state index contributed by atoms with van der Waals surface area (Å²) < 4.78 is 0. The van der Waals surface area contributed by atoms with Crippen LogP contribution in [0, 0.1) is 5.92 Å². The summed E-state index contributed by atoms with van der Waals surface area (Å²) >= 11 is 0. The normalized spacial score (nSPS) is 23.9. The standard InChI is InChI=1S/C12H22N2O4/c1-3-4-10(11(16)17)13-12(18)14(2)7-8-5-9(15)6-8/h8-10,15H,3-7H2,1-2H3,(H,13,18)(H,16,17)/t8?,9?,10-/m1/s1. The highest BCUT2D eigenvalue weighted by atomic mass is 16.4. The quantitative estimate of drug-likeness (QED) is 0.652. The number of carboxylic acids is 1. The third-order valence-electron chi connectivity index (χ3n) is 3.26. The van der Waals surface area contributed by atoms with Gasteiger partial charge in [-0.3, -0.25) is 0 Å². The van der Waals surface area contributed by atoms with Crippen molar-refractivity contribution in [3.63, 3.8) is 0 Å². The number of carbonyl (C=O) groups excluding carboxylic acids is 1. The summed E-state index contributed by atoms with van der Waals surface area (Å²) in [7, 11) is 1.64. The fourth-order valence-electron chi connectivity index (χ4n) is 2.13. The molecule has 18 heavy (non-hydrogen) atoms. The first-order valence-corrected chi connectivity index (χ1v) is 6.36. The Labute approximate surface area is 107 Å². The number of amides is 2. The number of nitrogens with one attached hydrogen (secondary N) is 1. The van der Waals surface area contributed by atoms with E-state index in [1.165, 1.54) is 4.90 Å². The lowest BCUT2D eigenvalue weighted by molar-refractivity contribution is -0.139. The van der Waals surface area contributed by atoms with Crippen molar-refractivity contribution in [2.24, 2.45) is 5.92 Å². The van der Waals surface area contributed by atoms with Gasteiger partial charge >= 0.3 is 12.0 Å². The van der Waals surface area contributed by atoms with Crippen molar-refractivity contribution in [3.8, 4) is 0 Å². The predicted octanol–water partition coefficient (Wildman–Crippen LogP) is 0.652. The van der Waals surface area contributed by atoms with Crippen LogP contribution in [0.4, 0.5) is 4.79 Å². The van der Waals surface area contributed by atoms with Crippen LogP contribution in [0.15, 0.2) is 0 Å². The molecular weight excluding hydrogens is 236 g/mol. The number of hydrogen-bond acceptors (Lipinski definition) is 3. The third-order valence-corrected chi connectivity index (χ3v) is 3.26. The van der Waals surface area contributed by atoms with E-state index in [0.717, 1.165) is 12.8 Å². The van der Waals surface area contributed by atoms with Crippen LogP contribution in [-0.2, 0) is 4.79 Å². The van der Waals surface area contributed by atoms with Crippen LogP contribution in [0.25, 0.3) is 0 Å². The summed E-state index contributed by atoms with van der Waals surface area (Å²) in [6.45, 7) is 2.43. The van der Waals surface area contributed by atoms with Gasteiger partial charge in [0.25, 0.3) is 0 Å². The largest absolute Gasteiger partial charge is 0.480 e. The third kappa shape index (κ3) is 4.18. The second-order valence-corrected chi connectivity index (χ2v) is 5.00. The molecule has 1 aliphatic carbocycles. The summed E-state index contributed by atoms with van der Waals surface area (Å²) in [5, 5.41) is 20.6. The summed E-state index contributed by atoms with van der Waals surface area (Å²) in [4.78, 5) is 24.2. The molecule has 0 unspecified atom stereocenters. The van der Waals surface area contributed by atoms with Crippen LogP contribution in [0.3, 0.4) is 0 Å². The minimum absolute atomic E-state index is 0.238. The second-order valence-electron chi connectivity index (χ2n) is 5.00. The molecule has 104 valence electrons. The molecule has 6 heteroatoms. The lowest BCUT2D eigenvalue weighted by Crippen LogP contribution is -2.49. The van der Waals surface area contributed by atoms with Crippen LogP contribution in [0.1, 0.15) is 32.6 Å². The molecule has 0 saturated heterocycles. The number of carbonyl (C=O) groups is 2. The molecule has 1 saturated carbocycles. The minimum atomic E-state index is -1.00. The number of nitrogens with zero attached hydrogens (tertiary/aromatic N) is 1. The van der Waals surface area contributed by atoms with Crippen LogP contribution >= 0.6 is 0 Å². The van der Waals surface area contributed by atoms with E-state index in [9.17, 15) is 9.59 Å². The zero-order valence-electron chi connectivity index (χ0n) is 10.9. The highest BCUT2D eigenvalue weighted by Gasteiger charge is 2.29. The molecule has 1 rings (SSSR count). The Morgan fingerprint density at radius 1 is 1.44 bits per heavy atom. The highest BCUT2D eigenvalue weighted by Crippen LogP contribution is 2.27. The summed E-state index contributed by atoms with van der Waals surface area (Å²) in [5.41, 5.74) is 0. The van der Waals surface area contributed by atoms with Crippen LogP contribution in [0.5, 0.6) is 0 Å². The Hall–Kier alpha value is -1.30. The van der Waals surface area contributed by atoms with Gasteiger partial charge in [-0.1, -0.05) is 13.3 Å². The first-order valence-electron chi connectivity index (χ1n) is 6.36. The molecular formula is C12H22N2O4. The van der Waals surface area contributed by atoms with E-state index in [1.54, 1.807) is 7.05 Å². The lowest BCUT2D eigenvalue weighted by Gasteiger charge is -2.34. The van der Waals surface area contributed by atoms with Gasteiger partial charge in [0.05, 0.1) is 6.10 Å². The number of carboxylic acid groups (broad SMARTS) is 1. The number of hydrogen-bond donors (Lipinski definition) is 3. The van der Waals surface area contributed by atoms with Crippen LogP contribution in [0.2, 0.25) is 0 Å². The van der Waals surface area contributed by atoms with Gasteiger partial charge in [-0.05, 0) is 25.2 Å². The summed E-state index contributed by atoms with van der Waals surface area (Å²) in [6.07, 6.45) is 2.33. The number of urea groups is 1. The van der Waals surface area contributed by atoms with Crippen molar-refractivity contribution >= 4 is 12.0 Å². The maximum absolute atomic E-state index is 11.8. The number of aliphatic carboxylic acids is 1. The van der Waals surface area contributed by atoms with Gasteiger partial charge in [0.2, 0.25) is 0 Å². The van der Waals surface area contributed by atoms with Crippen LogP contribution < -0.4 is 5.32 Å². The van der Waals surface area contributed by atoms with E-state index in [4.69, 9.17) is 10.2 Å². The predicted molar refractivity (Wildman–Crippen MR) is 66.2 cm³/mol. The van der Waals surface area contributed by atoms with Gasteiger partial charge in [-0.2, -0.15) is 0 Å². The molecule has 0 aromatic rings. The van der Waals surface area contributed by atoms with Crippen molar-refractivity contribution < 1.29 is 19.8 Å². The molecule has 3 N–H and O–H groups in total. The maximum atomic E-state index is 11.8. The number of aliphatic hydroxyl groups is 1. The Morgan fingerprint density at radius 2 is 2.06 bits per heavy atom. The van der Waals surface area contributed by atoms with E-state index in [2.05, 4.69) is 5.32 Å². The van der Waals surface area contributed by atoms with Crippen molar-refractivity contribution in [1.29, 1.82) is 0 Å². The van der Waals surface area contributed by atoms with Crippen molar-refractivity contribution in [3.05, 3.63) is 0 Å². The summed E-state index contributed by atoms with van der Waals surface area (Å²) in [5.74, 6) is -0.678. The number of rotatable bonds is 6. The smallest absolute Gasteiger partial charge is 0.326 e. The molecule has 0 radical (unpaired) electrons. The average Bonchev–Trinajstić information content (AvgIpc) is 2.25. The Kier molecular flexibility index (Phi) is 5.40. The molecule has 1 aliphatic rings. The van der Waals surface area contributed by atoms with Gasteiger partial charge in [-0.25, -0.2) is 9.59 Å². The monoisotopic (exact) mass is 258 g/mol. The molecule has 0 aromatic heterocycles. The number of aliphatic hydroxyl groups excluding tert-OH is 1. The molecule has 0 bridgehead atoms. The Balaban J connectivity index is 2.35. The van der Waals surface area contributed by atoms with Gasteiger partial charge in [-0.15, -0.1) is 0 Å². The van der Waals surface area contributed by atoms with Gasteiger partial charge in [0.1, 0.15) is 6.04 Å². The van der Waals surface area contributed by atoms with E-state index in [-0.39, 0.29) is 12.1 Å². The van der Waals surface area contributed by atoms with Crippen molar-refractivity contribution in [1.82, 2.24) is 10.2 Å². The summed E-state index contributed by atoms with van der Waals surface area (Å²) in [6, 6.07) is -1.19. The van der Waals surface area contributed by atoms with Gasteiger partial charge < -0.3 is 20.4 Å². The SMILES string of the molecule is CCC[C@@H](NC(=O)N(C)CC1CC(O)C1)C(=O)O. The lowest BCUT2D eigenvalue weighted by atomic mass is 9.82.